The summed E-state index contributed by atoms with van der Waals surface area (Å²) < 4.78 is 14.4. The minimum absolute atomic E-state index is 0.0407. The quantitative estimate of drug-likeness (QED) is 0.308. The summed E-state index contributed by atoms with van der Waals surface area (Å²) in [6, 6.07) is 5.05. The van der Waals surface area contributed by atoms with E-state index in [-0.39, 0.29) is 24.3 Å². The van der Waals surface area contributed by atoms with Crippen LogP contribution in [0, 0.1) is 0 Å². The molecule has 0 bridgehead atoms. The Bertz CT molecular complexity index is 469. The van der Waals surface area contributed by atoms with Crippen molar-refractivity contribution in [3.05, 3.63) is 35.4 Å². The molecule has 102 valence electrons. The molecule has 1 aromatic carbocycles. The number of benzene rings is 1. The molecular formula is C10H10O8Si. The summed E-state index contributed by atoms with van der Waals surface area (Å²) in [5.74, 6) is -1.92. The lowest BCUT2D eigenvalue weighted by Crippen LogP contribution is -2.14. The first-order chi connectivity index (χ1) is 9.00. The van der Waals surface area contributed by atoms with Crippen LogP contribution in [0.2, 0.25) is 0 Å². The van der Waals surface area contributed by atoms with Crippen LogP contribution in [-0.2, 0) is 18.7 Å². The van der Waals surface area contributed by atoms with Gasteiger partial charge in [0.15, 0.2) is 0 Å². The third-order valence-electron chi connectivity index (χ3n) is 1.89. The van der Waals surface area contributed by atoms with Gasteiger partial charge >= 0.3 is 21.1 Å². The molecule has 0 spiro atoms. The molecule has 1 aromatic rings. The Morgan fingerprint density at radius 2 is 1.68 bits per heavy atom. The van der Waals surface area contributed by atoms with Crippen molar-refractivity contribution in [2.75, 3.05) is 13.2 Å². The summed E-state index contributed by atoms with van der Waals surface area (Å²) >= 11 is 0. The lowest BCUT2D eigenvalue weighted by Gasteiger charge is -2.03. The van der Waals surface area contributed by atoms with Gasteiger partial charge in [-0.2, -0.15) is 4.89 Å². The Balaban J connectivity index is 2.37. The summed E-state index contributed by atoms with van der Waals surface area (Å²) in [7, 11) is -3.03. The van der Waals surface area contributed by atoms with E-state index in [0.29, 0.717) is 0 Å². The minimum atomic E-state index is -3.03. The lowest BCUT2D eigenvalue weighted by atomic mass is 10.1. The molecule has 0 amide bonds. The standard InChI is InChI=1S/C10H10O8Si/c11-9(12)7-1-3-8(4-2-7)10(13)18-16-5-6-17-19(14)15/h1-4,14H,5-6H2,(H,11,12). The minimum Gasteiger partial charge on any atom is -0.511 e. The molecule has 0 atom stereocenters. The van der Waals surface area contributed by atoms with Crippen LogP contribution in [0.3, 0.4) is 0 Å². The number of carboxylic acids is 1. The van der Waals surface area contributed by atoms with E-state index < -0.39 is 21.1 Å². The first kappa shape index (κ1) is 14.8. The van der Waals surface area contributed by atoms with Crippen molar-refractivity contribution in [3.8, 4) is 0 Å². The molecule has 0 heterocycles. The second-order valence-electron chi connectivity index (χ2n) is 3.19. The van der Waals surface area contributed by atoms with Crippen molar-refractivity contribution >= 4 is 21.1 Å². The van der Waals surface area contributed by atoms with Crippen molar-refractivity contribution in [2.45, 2.75) is 0 Å². The number of aromatic carboxylic acids is 1. The molecule has 0 aliphatic carbocycles. The van der Waals surface area contributed by atoms with Gasteiger partial charge in [-0.3, -0.25) is 9.35 Å². The van der Waals surface area contributed by atoms with Crippen LogP contribution >= 0.6 is 0 Å². The maximum absolute atomic E-state index is 11.4. The SMILES string of the molecule is O=C(O)c1ccc(C(=O)OOCCO[Si](=O)O)cc1. The van der Waals surface area contributed by atoms with Crippen LogP contribution in [0.25, 0.3) is 0 Å². The van der Waals surface area contributed by atoms with E-state index in [9.17, 15) is 14.1 Å². The molecule has 9 heteroatoms. The largest absolute Gasteiger partial charge is 0.764 e. The van der Waals surface area contributed by atoms with Gasteiger partial charge in [0, 0.05) is 0 Å². The van der Waals surface area contributed by atoms with Crippen molar-refractivity contribution < 1.29 is 38.2 Å². The molecule has 0 saturated heterocycles. The number of rotatable bonds is 7. The zero-order chi connectivity index (χ0) is 14.3. The van der Waals surface area contributed by atoms with Crippen molar-refractivity contribution in [1.29, 1.82) is 0 Å². The molecule has 1 rings (SSSR count). The van der Waals surface area contributed by atoms with E-state index in [4.69, 9.17) is 9.90 Å². The average molecular weight is 286 g/mol. The van der Waals surface area contributed by atoms with E-state index in [2.05, 4.69) is 14.2 Å². The Morgan fingerprint density at radius 3 is 2.21 bits per heavy atom. The van der Waals surface area contributed by atoms with E-state index in [0.717, 1.165) is 0 Å². The summed E-state index contributed by atoms with van der Waals surface area (Å²) in [5.41, 5.74) is 0.153. The van der Waals surface area contributed by atoms with Gasteiger partial charge in [-0.1, -0.05) is 0 Å². The van der Waals surface area contributed by atoms with Crippen LogP contribution in [0.4, 0.5) is 0 Å². The third kappa shape index (κ3) is 5.27. The highest BCUT2D eigenvalue weighted by atomic mass is 28.3. The second-order valence-corrected chi connectivity index (χ2v) is 4.01. The number of carbonyl (C=O) groups excluding carboxylic acids is 1. The molecule has 0 radical (unpaired) electrons. The van der Waals surface area contributed by atoms with Crippen molar-refractivity contribution in [2.24, 2.45) is 0 Å². The Hall–Kier alpha value is -2.26. The monoisotopic (exact) mass is 286 g/mol. The second kappa shape index (κ2) is 7.23. The van der Waals surface area contributed by atoms with Gasteiger partial charge in [-0.05, 0) is 24.3 Å². The molecule has 2 N–H and O–H groups in total. The van der Waals surface area contributed by atoms with Gasteiger partial charge in [0.2, 0.25) is 0 Å². The van der Waals surface area contributed by atoms with E-state index in [1.807, 2.05) is 0 Å². The van der Waals surface area contributed by atoms with E-state index >= 15 is 0 Å². The van der Waals surface area contributed by atoms with Gasteiger partial charge in [0.1, 0.15) is 13.2 Å². The molecule has 19 heavy (non-hydrogen) atoms. The van der Waals surface area contributed by atoms with Crippen LogP contribution in [0.15, 0.2) is 24.3 Å². The maximum Gasteiger partial charge on any atom is 0.764 e. The fourth-order valence-electron chi connectivity index (χ4n) is 1.06. The topological polar surface area (TPSA) is 119 Å². The smallest absolute Gasteiger partial charge is 0.511 e. The normalized spacial score (nSPS) is 9.68. The molecule has 0 aliphatic rings. The summed E-state index contributed by atoms with van der Waals surface area (Å²) in [4.78, 5) is 39.1. The fraction of sp³-hybridized carbons (Fsp3) is 0.200. The average Bonchev–Trinajstić information content (AvgIpc) is 2.37. The number of hydrogen-bond donors (Lipinski definition) is 2. The fourth-order valence-corrected chi connectivity index (χ4v) is 1.31. The van der Waals surface area contributed by atoms with Crippen molar-refractivity contribution in [3.63, 3.8) is 0 Å². The molecule has 0 fully saturated rings. The number of carboxylic acid groups (broad SMARTS) is 1. The Morgan fingerprint density at radius 1 is 1.11 bits per heavy atom. The van der Waals surface area contributed by atoms with Gasteiger partial charge < -0.3 is 14.3 Å². The van der Waals surface area contributed by atoms with Gasteiger partial charge in [0.05, 0.1) is 11.1 Å². The highest BCUT2D eigenvalue weighted by Gasteiger charge is 2.10. The van der Waals surface area contributed by atoms with E-state index in [1.54, 1.807) is 0 Å². The van der Waals surface area contributed by atoms with Gasteiger partial charge in [-0.25, -0.2) is 9.59 Å². The maximum atomic E-state index is 11.4. The van der Waals surface area contributed by atoms with Crippen LogP contribution < -0.4 is 0 Å². The van der Waals surface area contributed by atoms with Crippen LogP contribution in [0.5, 0.6) is 0 Å². The Labute approximate surface area is 109 Å². The third-order valence-corrected chi connectivity index (χ3v) is 2.35. The zero-order valence-corrected chi connectivity index (χ0v) is 10.6. The molecular weight excluding hydrogens is 276 g/mol. The van der Waals surface area contributed by atoms with Gasteiger partial charge in [0.25, 0.3) is 0 Å². The predicted octanol–water partition coefficient (Wildman–Crippen LogP) is -0.103. The molecule has 0 saturated carbocycles. The lowest BCUT2D eigenvalue weighted by molar-refractivity contribution is -0.244. The summed E-state index contributed by atoms with van der Waals surface area (Å²) in [6.07, 6.45) is 0. The molecule has 8 nitrogen and oxygen atoms in total. The summed E-state index contributed by atoms with van der Waals surface area (Å²) in [6.45, 7) is -0.393. The molecule has 0 unspecified atom stereocenters. The number of hydrogen-bond acceptors (Lipinski definition) is 6. The highest BCUT2D eigenvalue weighted by molar-refractivity contribution is 6.24. The van der Waals surface area contributed by atoms with Crippen LogP contribution in [-0.4, -0.2) is 44.2 Å². The van der Waals surface area contributed by atoms with E-state index in [1.165, 1.54) is 24.3 Å². The first-order valence-electron chi connectivity index (χ1n) is 5.03. The first-order valence-corrected chi connectivity index (χ1v) is 6.30. The van der Waals surface area contributed by atoms with Gasteiger partial charge in [-0.15, -0.1) is 0 Å². The number of carbonyl (C=O) groups is 2. The Kier molecular flexibility index (Phi) is 5.63. The summed E-state index contributed by atoms with van der Waals surface area (Å²) in [5, 5.41) is 8.66. The highest BCUT2D eigenvalue weighted by Crippen LogP contribution is 2.06. The zero-order valence-electron chi connectivity index (χ0n) is 9.57. The predicted molar refractivity (Wildman–Crippen MR) is 59.4 cm³/mol. The van der Waals surface area contributed by atoms with Crippen LogP contribution in [0.1, 0.15) is 20.7 Å². The van der Waals surface area contributed by atoms with Crippen molar-refractivity contribution in [1.82, 2.24) is 0 Å². The molecule has 0 aliphatic heterocycles. The molecule has 0 aromatic heterocycles.